The van der Waals surface area contributed by atoms with E-state index in [1.165, 1.54) is 18.2 Å². The topological polar surface area (TPSA) is 58.6 Å². The van der Waals surface area contributed by atoms with Crippen molar-refractivity contribution < 1.29 is 18.7 Å². The van der Waals surface area contributed by atoms with Gasteiger partial charge >= 0.3 is 0 Å². The van der Waals surface area contributed by atoms with Crippen LogP contribution >= 0.6 is 0 Å². The van der Waals surface area contributed by atoms with Crippen LogP contribution in [0.5, 0.6) is 5.75 Å². The van der Waals surface area contributed by atoms with E-state index in [1.807, 2.05) is 39.0 Å². The van der Waals surface area contributed by atoms with Crippen LogP contribution in [-0.4, -0.2) is 18.4 Å². The molecule has 33 heavy (non-hydrogen) atoms. The third-order valence-corrected chi connectivity index (χ3v) is 5.55. The molecule has 168 valence electrons. The van der Waals surface area contributed by atoms with Crippen LogP contribution in [0.4, 0.5) is 15.8 Å². The van der Waals surface area contributed by atoms with E-state index in [9.17, 15) is 14.0 Å². The van der Waals surface area contributed by atoms with Gasteiger partial charge in [0.2, 0.25) is 0 Å². The van der Waals surface area contributed by atoms with E-state index in [0.29, 0.717) is 23.6 Å². The number of nitrogens with zero attached hydrogens (tertiary/aromatic N) is 1. The molecule has 2 amide bonds. The maximum absolute atomic E-state index is 14.6. The van der Waals surface area contributed by atoms with E-state index >= 15 is 0 Å². The van der Waals surface area contributed by atoms with E-state index in [0.717, 1.165) is 22.4 Å². The molecule has 0 bridgehead atoms. The number of halogens is 1. The summed E-state index contributed by atoms with van der Waals surface area (Å²) in [4.78, 5) is 27.8. The van der Waals surface area contributed by atoms with E-state index in [2.05, 4.69) is 5.32 Å². The highest BCUT2D eigenvalue weighted by Gasteiger charge is 2.41. The van der Waals surface area contributed by atoms with E-state index < -0.39 is 17.6 Å². The molecule has 0 radical (unpaired) electrons. The van der Waals surface area contributed by atoms with Gasteiger partial charge in [0.1, 0.15) is 17.3 Å². The van der Waals surface area contributed by atoms with E-state index in [4.69, 9.17) is 4.74 Å². The number of nitrogens with one attached hydrogen (secondary N) is 1. The molecular formula is C27H25FN2O3. The molecule has 0 unspecified atom stereocenters. The number of hydrogen-bond acceptors (Lipinski definition) is 4. The zero-order valence-electron chi connectivity index (χ0n) is 18.8. The van der Waals surface area contributed by atoms with Crippen LogP contribution in [0.25, 0.3) is 5.57 Å². The molecule has 5 nitrogen and oxygen atoms in total. The van der Waals surface area contributed by atoms with Crippen LogP contribution in [0.1, 0.15) is 30.0 Å². The van der Waals surface area contributed by atoms with Crippen molar-refractivity contribution >= 4 is 28.8 Å². The SMILES string of the molecule is CCCOc1cccc(NC2=C(c3ccc(C)c(C)c3)C(=O)N(c3ccccc3F)C2=O)c1. The maximum Gasteiger partial charge on any atom is 0.282 e. The van der Waals surface area contributed by atoms with Crippen molar-refractivity contribution in [1.29, 1.82) is 0 Å². The molecule has 1 aliphatic heterocycles. The Morgan fingerprint density at radius 3 is 2.42 bits per heavy atom. The Bertz CT molecular complexity index is 1270. The summed E-state index contributed by atoms with van der Waals surface area (Å²) in [5, 5.41) is 3.10. The first-order chi connectivity index (χ1) is 15.9. The lowest BCUT2D eigenvalue weighted by Crippen LogP contribution is -2.33. The summed E-state index contributed by atoms with van der Waals surface area (Å²) in [6.45, 7) is 6.50. The second-order valence-electron chi connectivity index (χ2n) is 7.95. The number of hydrogen-bond donors (Lipinski definition) is 1. The highest BCUT2D eigenvalue weighted by Crippen LogP contribution is 2.35. The van der Waals surface area contributed by atoms with Crippen molar-refractivity contribution in [2.24, 2.45) is 0 Å². The molecule has 3 aromatic carbocycles. The van der Waals surface area contributed by atoms with Gasteiger partial charge in [-0.3, -0.25) is 9.59 Å². The normalized spacial score (nSPS) is 13.6. The number of anilines is 2. The zero-order chi connectivity index (χ0) is 23.5. The molecular weight excluding hydrogens is 419 g/mol. The molecule has 1 N–H and O–H groups in total. The van der Waals surface area contributed by atoms with Crippen LogP contribution in [0.2, 0.25) is 0 Å². The number of carbonyl (C=O) groups excluding carboxylic acids is 2. The van der Waals surface area contributed by atoms with Crippen LogP contribution in [-0.2, 0) is 9.59 Å². The minimum atomic E-state index is -0.644. The Kier molecular flexibility index (Phi) is 6.27. The Labute approximate surface area is 192 Å². The fourth-order valence-corrected chi connectivity index (χ4v) is 3.69. The van der Waals surface area contributed by atoms with Crippen molar-refractivity contribution in [3.8, 4) is 5.75 Å². The lowest BCUT2D eigenvalue weighted by Gasteiger charge is -2.16. The van der Waals surface area contributed by atoms with Gasteiger partial charge in [-0.2, -0.15) is 0 Å². The first kappa shape index (κ1) is 22.3. The molecule has 0 aliphatic carbocycles. The first-order valence-electron chi connectivity index (χ1n) is 10.9. The summed E-state index contributed by atoms with van der Waals surface area (Å²) in [7, 11) is 0. The van der Waals surface area contributed by atoms with Crippen molar-refractivity contribution in [1.82, 2.24) is 0 Å². The fraction of sp³-hybridized carbons (Fsp3) is 0.185. The molecule has 6 heteroatoms. The minimum absolute atomic E-state index is 0.0781. The van der Waals surface area contributed by atoms with Crippen LogP contribution in [0.15, 0.2) is 72.4 Å². The Balaban J connectivity index is 1.80. The lowest BCUT2D eigenvalue weighted by molar-refractivity contribution is -0.120. The highest BCUT2D eigenvalue weighted by molar-refractivity contribution is 6.46. The van der Waals surface area contributed by atoms with E-state index in [1.54, 1.807) is 30.3 Å². The van der Waals surface area contributed by atoms with Gasteiger partial charge in [-0.05, 0) is 61.2 Å². The zero-order valence-corrected chi connectivity index (χ0v) is 18.8. The molecule has 4 rings (SSSR count). The summed E-state index contributed by atoms with van der Waals surface area (Å²) in [6, 6.07) is 18.5. The van der Waals surface area contributed by atoms with Gasteiger partial charge in [0.25, 0.3) is 11.8 Å². The van der Waals surface area contributed by atoms with Crippen molar-refractivity contribution in [3.05, 3.63) is 94.9 Å². The van der Waals surface area contributed by atoms with Gasteiger partial charge in [0, 0.05) is 11.8 Å². The Morgan fingerprint density at radius 1 is 0.909 bits per heavy atom. The summed E-state index contributed by atoms with van der Waals surface area (Å²) in [5.74, 6) is -1.18. The summed E-state index contributed by atoms with van der Waals surface area (Å²) in [6.07, 6.45) is 0.865. The van der Waals surface area contributed by atoms with Crippen LogP contribution in [0, 0.1) is 19.7 Å². The van der Waals surface area contributed by atoms with Gasteiger partial charge in [-0.25, -0.2) is 9.29 Å². The Hall–Kier alpha value is -3.93. The molecule has 0 fully saturated rings. The molecule has 0 spiro atoms. The number of carbonyl (C=O) groups is 2. The minimum Gasteiger partial charge on any atom is -0.494 e. The number of benzene rings is 3. The smallest absolute Gasteiger partial charge is 0.282 e. The third kappa shape index (κ3) is 4.37. The molecule has 1 aliphatic rings. The number of rotatable bonds is 7. The average Bonchev–Trinajstić information content (AvgIpc) is 3.04. The largest absolute Gasteiger partial charge is 0.494 e. The van der Waals surface area contributed by atoms with Crippen LogP contribution in [0.3, 0.4) is 0 Å². The van der Waals surface area contributed by atoms with E-state index in [-0.39, 0.29) is 17.0 Å². The molecule has 3 aromatic rings. The molecule has 1 heterocycles. The average molecular weight is 445 g/mol. The quantitative estimate of drug-likeness (QED) is 0.480. The van der Waals surface area contributed by atoms with Crippen LogP contribution < -0.4 is 15.0 Å². The number of ether oxygens (including phenoxy) is 1. The van der Waals surface area contributed by atoms with Gasteiger partial charge in [0.05, 0.1) is 17.9 Å². The predicted molar refractivity (Wildman–Crippen MR) is 128 cm³/mol. The first-order valence-corrected chi connectivity index (χ1v) is 10.9. The van der Waals surface area contributed by atoms with Crippen molar-refractivity contribution in [2.45, 2.75) is 27.2 Å². The predicted octanol–water partition coefficient (Wildman–Crippen LogP) is 5.63. The van der Waals surface area contributed by atoms with Gasteiger partial charge in [-0.15, -0.1) is 0 Å². The molecule has 0 saturated carbocycles. The van der Waals surface area contributed by atoms with Crippen molar-refractivity contribution in [2.75, 3.05) is 16.8 Å². The maximum atomic E-state index is 14.6. The summed E-state index contributed by atoms with van der Waals surface area (Å²) >= 11 is 0. The van der Waals surface area contributed by atoms with Gasteiger partial charge in [0.15, 0.2) is 0 Å². The van der Waals surface area contributed by atoms with Gasteiger partial charge in [-0.1, -0.05) is 43.3 Å². The second-order valence-corrected chi connectivity index (χ2v) is 7.95. The molecule has 0 saturated heterocycles. The monoisotopic (exact) mass is 444 g/mol. The highest BCUT2D eigenvalue weighted by atomic mass is 19.1. The van der Waals surface area contributed by atoms with Gasteiger partial charge < -0.3 is 10.1 Å². The number of aryl methyl sites for hydroxylation is 2. The molecule has 0 aromatic heterocycles. The third-order valence-electron chi connectivity index (χ3n) is 5.55. The number of para-hydroxylation sites is 1. The van der Waals surface area contributed by atoms with Crippen molar-refractivity contribution in [3.63, 3.8) is 0 Å². The standard InChI is InChI=1S/C27H25FN2O3/c1-4-14-33-21-9-7-8-20(16-21)29-25-24(19-13-12-17(2)18(3)15-19)26(31)30(27(25)32)23-11-6-5-10-22(23)28/h5-13,15-16,29H,4,14H2,1-3H3. The second kappa shape index (κ2) is 9.28. The summed E-state index contributed by atoms with van der Waals surface area (Å²) in [5.41, 5.74) is 3.46. The number of amides is 2. The molecule has 0 atom stereocenters. The number of imide groups is 1. The summed E-state index contributed by atoms with van der Waals surface area (Å²) < 4.78 is 20.2. The fourth-order valence-electron chi connectivity index (χ4n) is 3.69. The Morgan fingerprint density at radius 2 is 1.70 bits per heavy atom. The lowest BCUT2D eigenvalue weighted by atomic mass is 9.99.